The summed E-state index contributed by atoms with van der Waals surface area (Å²) >= 11 is 0. The highest BCUT2D eigenvalue weighted by Crippen LogP contribution is 2.37. The molecule has 10 heteroatoms. The van der Waals surface area contributed by atoms with Crippen LogP contribution in [0, 0.1) is 11.7 Å². The largest absolute Gasteiger partial charge is 0.337 e. The van der Waals surface area contributed by atoms with Gasteiger partial charge < -0.3 is 5.32 Å². The van der Waals surface area contributed by atoms with Gasteiger partial charge in [-0.1, -0.05) is 12.1 Å². The second-order valence-corrected chi connectivity index (χ2v) is 8.66. The van der Waals surface area contributed by atoms with Crippen LogP contribution in [0.5, 0.6) is 0 Å². The van der Waals surface area contributed by atoms with Gasteiger partial charge in [0, 0.05) is 13.6 Å². The van der Waals surface area contributed by atoms with Gasteiger partial charge >= 0.3 is 0 Å². The van der Waals surface area contributed by atoms with E-state index in [0.29, 0.717) is 18.9 Å². The van der Waals surface area contributed by atoms with Crippen molar-refractivity contribution >= 4 is 11.8 Å². The maximum Gasteiger partial charge on any atom is 0.291 e. The summed E-state index contributed by atoms with van der Waals surface area (Å²) in [7, 11) is 1.74. The van der Waals surface area contributed by atoms with Gasteiger partial charge in [-0.05, 0) is 55.9 Å². The lowest BCUT2D eigenvalue weighted by Gasteiger charge is -2.25. The summed E-state index contributed by atoms with van der Waals surface area (Å²) in [5.41, 5.74) is 4.31. The molecule has 1 aromatic carbocycles. The maximum atomic E-state index is 13.2. The first-order valence-electron chi connectivity index (χ1n) is 10.9. The first-order valence-corrected chi connectivity index (χ1v) is 10.9. The van der Waals surface area contributed by atoms with Crippen LogP contribution in [0.4, 0.5) is 4.39 Å². The van der Waals surface area contributed by atoms with Crippen molar-refractivity contribution < 1.29 is 14.0 Å². The van der Waals surface area contributed by atoms with Gasteiger partial charge in [0.25, 0.3) is 11.8 Å². The zero-order valence-electron chi connectivity index (χ0n) is 18.0. The zero-order valence-corrected chi connectivity index (χ0v) is 18.0. The lowest BCUT2D eigenvalue weighted by Crippen LogP contribution is -2.46. The number of rotatable bonds is 5. The Balaban J connectivity index is 1.26. The molecule has 0 bridgehead atoms. The zero-order chi connectivity index (χ0) is 22.4. The van der Waals surface area contributed by atoms with Crippen LogP contribution in [0.25, 0.3) is 0 Å². The number of likely N-dealkylation sites (N-methyl/N-ethyl adjacent to an activating group) is 1. The number of nitrogens with zero attached hydrogens (tertiary/aromatic N) is 5. The molecule has 5 rings (SSSR count). The quantitative estimate of drug-likeness (QED) is 0.732. The number of fused-ring (bicyclic) bond motifs is 1. The molecule has 168 valence electrons. The molecule has 2 aromatic rings. The summed E-state index contributed by atoms with van der Waals surface area (Å²) in [6.45, 7) is 2.50. The number of aromatic nitrogens is 3. The molecule has 1 aliphatic carbocycles. The Labute approximate surface area is 185 Å². The van der Waals surface area contributed by atoms with Crippen LogP contribution in [0.15, 0.2) is 42.5 Å². The van der Waals surface area contributed by atoms with E-state index in [2.05, 4.69) is 26.9 Å². The third-order valence-corrected chi connectivity index (χ3v) is 6.42. The molecule has 9 nitrogen and oxygen atoms in total. The highest BCUT2D eigenvalue weighted by molar-refractivity contribution is 5.95. The maximum absolute atomic E-state index is 13.2. The smallest absolute Gasteiger partial charge is 0.291 e. The number of carbonyl (C=O) groups excluding carboxylic acids is 2. The van der Waals surface area contributed by atoms with Crippen LogP contribution in [0.1, 0.15) is 48.4 Å². The van der Waals surface area contributed by atoms with Crippen molar-refractivity contribution in [1.29, 1.82) is 0 Å². The third-order valence-electron chi connectivity index (χ3n) is 6.42. The van der Waals surface area contributed by atoms with E-state index >= 15 is 0 Å². The van der Waals surface area contributed by atoms with Crippen molar-refractivity contribution in [2.45, 2.75) is 44.3 Å². The first kappa shape index (κ1) is 20.6. The van der Waals surface area contributed by atoms with Gasteiger partial charge in [-0.15, -0.1) is 5.10 Å². The van der Waals surface area contributed by atoms with E-state index in [1.807, 2.05) is 11.9 Å². The lowest BCUT2D eigenvalue weighted by molar-refractivity contribution is -0.130. The topological polar surface area (TPSA) is 95.4 Å². The fourth-order valence-corrected chi connectivity index (χ4v) is 4.25. The number of benzene rings is 1. The number of halogens is 1. The second kappa shape index (κ2) is 8.01. The Morgan fingerprint density at radius 3 is 2.72 bits per heavy atom. The molecule has 1 saturated heterocycles. The Morgan fingerprint density at radius 2 is 2.00 bits per heavy atom. The number of hydrazine groups is 1. The van der Waals surface area contributed by atoms with Gasteiger partial charge in [0.1, 0.15) is 24.0 Å². The first-order chi connectivity index (χ1) is 15.4. The van der Waals surface area contributed by atoms with E-state index in [4.69, 9.17) is 0 Å². The molecule has 2 N–H and O–H groups in total. The summed E-state index contributed by atoms with van der Waals surface area (Å²) in [6.07, 6.45) is 6.48. The number of nitrogens with one attached hydrogen (secondary N) is 2. The van der Waals surface area contributed by atoms with Crippen LogP contribution in [0.3, 0.4) is 0 Å². The van der Waals surface area contributed by atoms with Crippen LogP contribution in [-0.2, 0) is 4.79 Å². The minimum absolute atomic E-state index is 0.00898. The van der Waals surface area contributed by atoms with Crippen molar-refractivity contribution in [2.24, 2.45) is 5.92 Å². The highest BCUT2D eigenvalue weighted by Gasteiger charge is 2.40. The summed E-state index contributed by atoms with van der Waals surface area (Å²) in [6, 6.07) is 5.50. The van der Waals surface area contributed by atoms with E-state index in [1.165, 1.54) is 31.3 Å². The minimum atomic E-state index is -0.665. The van der Waals surface area contributed by atoms with Gasteiger partial charge in [-0.3, -0.25) is 19.5 Å². The summed E-state index contributed by atoms with van der Waals surface area (Å²) < 4.78 is 14.7. The summed E-state index contributed by atoms with van der Waals surface area (Å²) in [5.74, 6) is 0.509. The number of hydrogen-bond donors (Lipinski definition) is 2. The predicted molar refractivity (Wildman–Crippen MR) is 113 cm³/mol. The molecular weight excluding hydrogens is 413 g/mol. The van der Waals surface area contributed by atoms with Crippen LogP contribution in [-0.4, -0.2) is 62.2 Å². The van der Waals surface area contributed by atoms with Gasteiger partial charge in [-0.2, -0.15) is 0 Å². The fraction of sp³-hybridized carbons (Fsp3) is 0.455. The third kappa shape index (κ3) is 3.86. The van der Waals surface area contributed by atoms with E-state index in [0.717, 1.165) is 11.4 Å². The molecule has 1 saturated carbocycles. The fourth-order valence-electron chi connectivity index (χ4n) is 4.25. The molecule has 2 fully saturated rings. The summed E-state index contributed by atoms with van der Waals surface area (Å²) in [5, 5.41) is 9.07. The molecule has 0 radical (unpaired) electrons. The monoisotopic (exact) mass is 439 g/mol. The average molecular weight is 439 g/mol. The Kier molecular flexibility index (Phi) is 5.16. The van der Waals surface area contributed by atoms with Crippen LogP contribution < -0.4 is 10.7 Å². The Hall–Kier alpha value is -3.27. The van der Waals surface area contributed by atoms with Crippen molar-refractivity contribution in [2.75, 3.05) is 13.6 Å². The average Bonchev–Trinajstić information content (AvgIpc) is 3.39. The summed E-state index contributed by atoms with van der Waals surface area (Å²) in [4.78, 5) is 31.5. The van der Waals surface area contributed by atoms with E-state index in [-0.39, 0.29) is 29.6 Å². The van der Waals surface area contributed by atoms with Gasteiger partial charge in [0.05, 0.1) is 12.1 Å². The van der Waals surface area contributed by atoms with Crippen molar-refractivity contribution in [3.05, 3.63) is 59.7 Å². The molecule has 3 atom stereocenters. The lowest BCUT2D eigenvalue weighted by atomic mass is 10.1. The van der Waals surface area contributed by atoms with Crippen molar-refractivity contribution in [3.8, 4) is 0 Å². The highest BCUT2D eigenvalue weighted by atomic mass is 19.1. The van der Waals surface area contributed by atoms with Crippen molar-refractivity contribution in [3.63, 3.8) is 0 Å². The van der Waals surface area contributed by atoms with Crippen LogP contribution in [0.2, 0.25) is 0 Å². The van der Waals surface area contributed by atoms with E-state index in [9.17, 15) is 14.0 Å². The van der Waals surface area contributed by atoms with Crippen molar-refractivity contribution in [1.82, 2.24) is 35.4 Å². The minimum Gasteiger partial charge on any atom is -0.337 e. The molecular formula is C22H26FN7O2. The predicted octanol–water partition coefficient (Wildman–Crippen LogP) is 1.43. The van der Waals surface area contributed by atoms with E-state index < -0.39 is 11.9 Å². The SMILES string of the molecule is C[C@H](c1ccc(F)cc1)n1cnc(C(=O)N[C@H]2CCN3NC(C4CC4)C=C3N(C)C2=O)n1. The Bertz CT molecular complexity index is 1060. The van der Waals surface area contributed by atoms with E-state index in [1.54, 1.807) is 28.8 Å². The number of amides is 2. The molecule has 3 heterocycles. The Morgan fingerprint density at radius 1 is 1.25 bits per heavy atom. The van der Waals surface area contributed by atoms with Gasteiger partial charge in [0.2, 0.25) is 5.82 Å². The van der Waals surface area contributed by atoms with Crippen LogP contribution >= 0.6 is 0 Å². The number of hydrogen-bond acceptors (Lipinski definition) is 6. The number of carbonyl (C=O) groups is 2. The molecule has 3 aliphatic rings. The molecule has 2 amide bonds. The molecule has 0 spiro atoms. The standard InChI is InChI=1S/C22H26FN7O2/c1-13(14-5-7-16(23)8-6-14)30-12-24-20(27-30)21(31)25-17-9-10-29-19(28(2)22(17)32)11-18(26-29)15-3-4-15/h5-8,11-13,15,17-18,26H,3-4,9-10H2,1-2H3,(H,25,31)/t13-,17+,18?/m1/s1. The molecule has 1 aromatic heterocycles. The molecule has 2 aliphatic heterocycles. The van der Waals surface area contributed by atoms with Gasteiger partial charge in [-0.25, -0.2) is 19.5 Å². The van der Waals surface area contributed by atoms with Gasteiger partial charge in [0.15, 0.2) is 0 Å². The molecule has 1 unspecified atom stereocenters. The molecule has 32 heavy (non-hydrogen) atoms. The normalized spacial score (nSPS) is 24.1. The second-order valence-electron chi connectivity index (χ2n) is 8.66.